The zero-order chi connectivity index (χ0) is 19.2. The molecule has 0 aliphatic rings. The zero-order valence-corrected chi connectivity index (χ0v) is 13.5. The number of rotatable bonds is 7. The van der Waals surface area contributed by atoms with E-state index in [9.17, 15) is 27.2 Å². The van der Waals surface area contributed by atoms with Crippen LogP contribution in [0, 0.1) is 5.82 Å². The van der Waals surface area contributed by atoms with Crippen LogP contribution in [-0.4, -0.2) is 24.5 Å². The maximum Gasteiger partial charge on any atom is 0.422 e. The van der Waals surface area contributed by atoms with Crippen molar-refractivity contribution in [2.45, 2.75) is 19.0 Å². The number of anilines is 1. The Bertz CT molecular complexity index is 773. The lowest BCUT2D eigenvalue weighted by Crippen LogP contribution is -2.20. The van der Waals surface area contributed by atoms with Gasteiger partial charge in [-0.25, -0.2) is 4.39 Å². The van der Waals surface area contributed by atoms with E-state index in [1.165, 1.54) is 36.4 Å². The topological polar surface area (TPSA) is 55.4 Å². The minimum atomic E-state index is -4.50. The Balaban J connectivity index is 1.91. The van der Waals surface area contributed by atoms with Crippen molar-refractivity contribution in [2.24, 2.45) is 0 Å². The van der Waals surface area contributed by atoms with Crippen molar-refractivity contribution in [3.63, 3.8) is 0 Å². The molecule has 0 aliphatic carbocycles. The summed E-state index contributed by atoms with van der Waals surface area (Å²) in [5, 5.41) is 2.42. The fourth-order valence-electron chi connectivity index (χ4n) is 2.08. The van der Waals surface area contributed by atoms with Crippen LogP contribution in [0.3, 0.4) is 0 Å². The van der Waals surface area contributed by atoms with Crippen LogP contribution in [0.1, 0.15) is 23.2 Å². The van der Waals surface area contributed by atoms with E-state index in [1.54, 1.807) is 0 Å². The third-order valence-electron chi connectivity index (χ3n) is 3.30. The van der Waals surface area contributed by atoms with Gasteiger partial charge in [0, 0.05) is 18.4 Å². The number of amides is 1. The third kappa shape index (κ3) is 6.19. The lowest BCUT2D eigenvalue weighted by atomic mass is 10.1. The average molecular weight is 369 g/mol. The van der Waals surface area contributed by atoms with Gasteiger partial charge < -0.3 is 10.1 Å². The second-order valence-electron chi connectivity index (χ2n) is 5.38. The van der Waals surface area contributed by atoms with Gasteiger partial charge in [0.15, 0.2) is 12.4 Å². The molecule has 0 saturated heterocycles. The molecule has 0 heterocycles. The van der Waals surface area contributed by atoms with Gasteiger partial charge in [-0.1, -0.05) is 12.1 Å². The normalized spacial score (nSPS) is 11.1. The van der Waals surface area contributed by atoms with Gasteiger partial charge in [0.25, 0.3) is 0 Å². The average Bonchev–Trinajstić information content (AvgIpc) is 2.59. The van der Waals surface area contributed by atoms with Crippen molar-refractivity contribution in [3.8, 4) is 5.75 Å². The van der Waals surface area contributed by atoms with Crippen molar-refractivity contribution >= 4 is 17.4 Å². The molecule has 2 rings (SSSR count). The van der Waals surface area contributed by atoms with Crippen LogP contribution in [0.5, 0.6) is 5.75 Å². The molecule has 8 heteroatoms. The summed E-state index contributed by atoms with van der Waals surface area (Å²) in [6.45, 7) is -1.48. The Labute approximate surface area is 146 Å². The van der Waals surface area contributed by atoms with Crippen molar-refractivity contribution in [3.05, 3.63) is 59.9 Å². The van der Waals surface area contributed by atoms with Crippen LogP contribution < -0.4 is 10.1 Å². The van der Waals surface area contributed by atoms with Gasteiger partial charge in [-0.15, -0.1) is 0 Å². The Morgan fingerprint density at radius 3 is 2.27 bits per heavy atom. The van der Waals surface area contributed by atoms with E-state index in [0.29, 0.717) is 0 Å². The highest BCUT2D eigenvalue weighted by Crippen LogP contribution is 2.26. The molecule has 0 fully saturated rings. The molecule has 0 saturated carbocycles. The highest BCUT2D eigenvalue weighted by molar-refractivity contribution is 6.00. The number of halogens is 4. The van der Waals surface area contributed by atoms with Crippen LogP contribution in [0.2, 0.25) is 0 Å². The summed E-state index contributed by atoms with van der Waals surface area (Å²) in [7, 11) is 0. The number of alkyl halides is 3. The summed E-state index contributed by atoms with van der Waals surface area (Å²) in [5.74, 6) is -1.50. The number of ketones is 1. The summed E-state index contributed by atoms with van der Waals surface area (Å²) >= 11 is 0. The van der Waals surface area contributed by atoms with Crippen LogP contribution in [0.15, 0.2) is 48.5 Å². The van der Waals surface area contributed by atoms with E-state index >= 15 is 0 Å². The number of carbonyl (C=O) groups is 2. The molecule has 0 aliphatic heterocycles. The molecular weight excluding hydrogens is 354 g/mol. The van der Waals surface area contributed by atoms with Gasteiger partial charge in [0.05, 0.1) is 5.69 Å². The molecule has 0 spiro atoms. The molecule has 138 valence electrons. The molecular formula is C18H15F4NO3. The molecule has 26 heavy (non-hydrogen) atoms. The SMILES string of the molecule is O=C(CCC(=O)c1ccc(F)cc1)Nc1ccccc1OCC(F)(F)F. The molecule has 1 amide bonds. The minimum Gasteiger partial charge on any atom is -0.482 e. The Kier molecular flexibility index (Phi) is 6.32. The van der Waals surface area contributed by atoms with Crippen molar-refractivity contribution in [1.29, 1.82) is 0 Å². The monoisotopic (exact) mass is 369 g/mol. The summed E-state index contributed by atoms with van der Waals surface area (Å²) < 4.78 is 54.3. The first kappa shape index (κ1) is 19.4. The number of nitrogens with one attached hydrogen (secondary N) is 1. The molecule has 0 radical (unpaired) electrons. The molecule has 1 N–H and O–H groups in total. The van der Waals surface area contributed by atoms with Crippen molar-refractivity contribution < 1.29 is 31.9 Å². The smallest absolute Gasteiger partial charge is 0.422 e. The fraction of sp³-hybridized carbons (Fsp3) is 0.222. The van der Waals surface area contributed by atoms with Crippen LogP contribution >= 0.6 is 0 Å². The summed E-state index contributed by atoms with van der Waals surface area (Å²) in [4.78, 5) is 23.9. The van der Waals surface area contributed by atoms with E-state index in [-0.39, 0.29) is 35.6 Å². The zero-order valence-electron chi connectivity index (χ0n) is 13.5. The van der Waals surface area contributed by atoms with Crippen LogP contribution in [-0.2, 0) is 4.79 Å². The van der Waals surface area contributed by atoms with E-state index in [0.717, 1.165) is 12.1 Å². The maximum absolute atomic E-state index is 12.8. The number of benzene rings is 2. The quantitative estimate of drug-likeness (QED) is 0.583. The second-order valence-corrected chi connectivity index (χ2v) is 5.38. The lowest BCUT2D eigenvalue weighted by Gasteiger charge is -2.13. The largest absolute Gasteiger partial charge is 0.482 e. The van der Waals surface area contributed by atoms with Gasteiger partial charge in [-0.05, 0) is 36.4 Å². The van der Waals surface area contributed by atoms with Gasteiger partial charge in [-0.3, -0.25) is 9.59 Å². The van der Waals surface area contributed by atoms with Crippen molar-refractivity contribution in [2.75, 3.05) is 11.9 Å². The summed E-state index contributed by atoms with van der Waals surface area (Å²) in [6.07, 6.45) is -4.80. The van der Waals surface area contributed by atoms with Gasteiger partial charge in [-0.2, -0.15) is 13.2 Å². The van der Waals surface area contributed by atoms with Crippen molar-refractivity contribution in [1.82, 2.24) is 0 Å². The predicted molar refractivity (Wildman–Crippen MR) is 86.6 cm³/mol. The third-order valence-corrected chi connectivity index (χ3v) is 3.30. The molecule has 2 aromatic carbocycles. The number of carbonyl (C=O) groups excluding carboxylic acids is 2. The van der Waals surface area contributed by atoms with E-state index in [4.69, 9.17) is 0 Å². The summed E-state index contributed by atoms with van der Waals surface area (Å²) in [5.41, 5.74) is 0.351. The maximum atomic E-state index is 12.8. The number of hydrogen-bond donors (Lipinski definition) is 1. The number of Topliss-reactive ketones (excluding diaryl/α,β-unsaturated/α-hetero) is 1. The minimum absolute atomic E-state index is 0.0796. The first-order chi connectivity index (χ1) is 12.2. The Morgan fingerprint density at radius 1 is 0.962 bits per heavy atom. The lowest BCUT2D eigenvalue weighted by molar-refractivity contribution is -0.153. The van der Waals surface area contributed by atoms with Crippen LogP contribution in [0.25, 0.3) is 0 Å². The first-order valence-electron chi connectivity index (χ1n) is 7.62. The molecule has 0 unspecified atom stereocenters. The van der Waals surface area contributed by atoms with Gasteiger partial charge >= 0.3 is 6.18 Å². The van der Waals surface area contributed by atoms with E-state index < -0.39 is 24.5 Å². The standard InChI is InChI=1S/C18H15F4NO3/c19-13-7-5-12(6-8-13)15(24)9-10-17(25)23-14-3-1-2-4-16(14)26-11-18(20,21)22/h1-8H,9-11H2,(H,23,25). The number of hydrogen-bond acceptors (Lipinski definition) is 3. The van der Waals surface area contributed by atoms with Gasteiger partial charge in [0.1, 0.15) is 11.6 Å². The second kappa shape index (κ2) is 8.46. The fourth-order valence-corrected chi connectivity index (χ4v) is 2.08. The molecule has 0 atom stereocenters. The predicted octanol–water partition coefficient (Wildman–Crippen LogP) is 4.37. The molecule has 2 aromatic rings. The Morgan fingerprint density at radius 2 is 1.62 bits per heavy atom. The molecule has 0 bridgehead atoms. The van der Waals surface area contributed by atoms with E-state index in [2.05, 4.69) is 10.1 Å². The highest BCUT2D eigenvalue weighted by atomic mass is 19.4. The first-order valence-corrected chi connectivity index (χ1v) is 7.62. The number of para-hydroxylation sites is 2. The summed E-state index contributed by atoms with van der Waals surface area (Å²) in [6, 6.07) is 10.6. The molecule has 0 aromatic heterocycles. The van der Waals surface area contributed by atoms with E-state index in [1.807, 2.05) is 0 Å². The van der Waals surface area contributed by atoms with Gasteiger partial charge in [0.2, 0.25) is 5.91 Å². The number of ether oxygens (including phenoxy) is 1. The Hall–Kier alpha value is -2.90. The van der Waals surface area contributed by atoms with Crippen LogP contribution in [0.4, 0.5) is 23.2 Å². The highest BCUT2D eigenvalue weighted by Gasteiger charge is 2.28. The molecule has 4 nitrogen and oxygen atoms in total.